The molecule has 0 bridgehead atoms. The highest BCUT2D eigenvalue weighted by Gasteiger charge is 2.21. The summed E-state index contributed by atoms with van der Waals surface area (Å²) in [5.74, 6) is 0.724. The second kappa shape index (κ2) is 8.99. The second-order valence-electron chi connectivity index (χ2n) is 7.64. The highest BCUT2D eigenvalue weighted by molar-refractivity contribution is 5.95. The maximum atomic E-state index is 12.5. The molecule has 2 amide bonds. The van der Waals surface area contributed by atoms with Gasteiger partial charge in [-0.05, 0) is 53.4 Å². The van der Waals surface area contributed by atoms with Crippen molar-refractivity contribution in [3.05, 3.63) is 72.3 Å². The topological polar surface area (TPSA) is 49.9 Å². The van der Waals surface area contributed by atoms with Crippen molar-refractivity contribution < 1.29 is 14.3 Å². The Hall–Kier alpha value is -3.34. The molecule has 1 fully saturated rings. The van der Waals surface area contributed by atoms with Crippen LogP contribution in [-0.2, 0) is 16.0 Å². The molecule has 1 aliphatic heterocycles. The fourth-order valence-corrected chi connectivity index (χ4v) is 3.82. The monoisotopic (exact) mass is 402 g/mol. The highest BCUT2D eigenvalue weighted by Crippen LogP contribution is 2.24. The molecule has 1 saturated heterocycles. The van der Waals surface area contributed by atoms with Crippen LogP contribution in [0.5, 0.6) is 5.75 Å². The predicted octanol–water partition coefficient (Wildman–Crippen LogP) is 4.05. The molecule has 0 aliphatic carbocycles. The van der Waals surface area contributed by atoms with Crippen molar-refractivity contribution in [1.29, 1.82) is 0 Å². The van der Waals surface area contributed by atoms with Gasteiger partial charge in [-0.15, -0.1) is 0 Å². The first-order chi connectivity index (χ1) is 14.6. The fourth-order valence-electron chi connectivity index (χ4n) is 3.82. The normalized spacial score (nSPS) is 13.6. The zero-order valence-corrected chi connectivity index (χ0v) is 17.2. The Kier molecular flexibility index (Phi) is 5.98. The van der Waals surface area contributed by atoms with Gasteiger partial charge in [-0.2, -0.15) is 0 Å². The maximum Gasteiger partial charge on any atom is 0.260 e. The smallest absolute Gasteiger partial charge is 0.260 e. The minimum Gasteiger partial charge on any atom is -0.484 e. The SMILES string of the molecule is CN(CCc1cccc2ccccc12)C(=O)COc1ccc(N2CCCC2=O)cc1. The predicted molar refractivity (Wildman–Crippen MR) is 119 cm³/mol. The number of fused-ring (bicyclic) bond motifs is 1. The Morgan fingerprint density at radius 3 is 2.57 bits per heavy atom. The largest absolute Gasteiger partial charge is 0.484 e. The van der Waals surface area contributed by atoms with Gasteiger partial charge in [-0.25, -0.2) is 0 Å². The summed E-state index contributed by atoms with van der Waals surface area (Å²) in [4.78, 5) is 27.8. The molecule has 0 unspecified atom stereocenters. The molecule has 5 heteroatoms. The van der Waals surface area contributed by atoms with E-state index in [2.05, 4.69) is 30.3 Å². The molecule has 0 spiro atoms. The van der Waals surface area contributed by atoms with Crippen molar-refractivity contribution in [3.63, 3.8) is 0 Å². The van der Waals surface area contributed by atoms with E-state index in [0.29, 0.717) is 18.7 Å². The van der Waals surface area contributed by atoms with Crippen LogP contribution in [0.1, 0.15) is 18.4 Å². The Bertz CT molecular complexity index is 1040. The van der Waals surface area contributed by atoms with Gasteiger partial charge in [0.2, 0.25) is 5.91 Å². The lowest BCUT2D eigenvalue weighted by Gasteiger charge is -2.19. The molecule has 154 valence electrons. The quantitative estimate of drug-likeness (QED) is 0.599. The molecular weight excluding hydrogens is 376 g/mol. The van der Waals surface area contributed by atoms with Crippen LogP contribution in [0.3, 0.4) is 0 Å². The van der Waals surface area contributed by atoms with Gasteiger partial charge in [-0.1, -0.05) is 42.5 Å². The average molecular weight is 402 g/mol. The summed E-state index contributed by atoms with van der Waals surface area (Å²) >= 11 is 0. The lowest BCUT2D eigenvalue weighted by Crippen LogP contribution is -2.33. The Balaban J connectivity index is 1.29. The number of likely N-dealkylation sites (N-methyl/N-ethyl adjacent to an activating group) is 1. The molecule has 4 rings (SSSR count). The van der Waals surface area contributed by atoms with Gasteiger partial charge in [0.15, 0.2) is 6.61 Å². The van der Waals surface area contributed by atoms with E-state index >= 15 is 0 Å². The van der Waals surface area contributed by atoms with Crippen molar-refractivity contribution in [2.45, 2.75) is 19.3 Å². The van der Waals surface area contributed by atoms with Crippen molar-refractivity contribution >= 4 is 28.3 Å². The Morgan fingerprint density at radius 1 is 1.03 bits per heavy atom. The Labute approximate surface area is 176 Å². The van der Waals surface area contributed by atoms with Crippen LogP contribution in [0.4, 0.5) is 5.69 Å². The van der Waals surface area contributed by atoms with Crippen LogP contribution in [0.15, 0.2) is 66.7 Å². The number of amides is 2. The summed E-state index contributed by atoms with van der Waals surface area (Å²) in [6.45, 7) is 1.39. The number of hydrogen-bond acceptors (Lipinski definition) is 3. The van der Waals surface area contributed by atoms with Crippen LogP contribution < -0.4 is 9.64 Å². The lowest BCUT2D eigenvalue weighted by molar-refractivity contribution is -0.132. The first-order valence-corrected chi connectivity index (χ1v) is 10.4. The first kappa shape index (κ1) is 20.0. The van der Waals surface area contributed by atoms with Gasteiger partial charge in [0.05, 0.1) is 0 Å². The summed E-state index contributed by atoms with van der Waals surface area (Å²) in [7, 11) is 1.80. The van der Waals surface area contributed by atoms with Crippen molar-refractivity contribution in [1.82, 2.24) is 4.90 Å². The molecule has 3 aromatic carbocycles. The lowest BCUT2D eigenvalue weighted by atomic mass is 10.0. The van der Waals surface area contributed by atoms with Gasteiger partial charge in [0, 0.05) is 32.2 Å². The molecule has 0 radical (unpaired) electrons. The van der Waals surface area contributed by atoms with Gasteiger partial charge in [-0.3, -0.25) is 9.59 Å². The summed E-state index contributed by atoms with van der Waals surface area (Å²) in [5, 5.41) is 2.44. The minimum atomic E-state index is -0.0611. The third-order valence-corrected chi connectivity index (χ3v) is 5.61. The summed E-state index contributed by atoms with van der Waals surface area (Å²) in [6, 6.07) is 21.9. The molecular formula is C25H26N2O3. The zero-order valence-electron chi connectivity index (χ0n) is 17.2. The fraction of sp³-hybridized carbons (Fsp3) is 0.280. The number of nitrogens with zero attached hydrogens (tertiary/aromatic N) is 2. The second-order valence-corrected chi connectivity index (χ2v) is 7.64. The highest BCUT2D eigenvalue weighted by atomic mass is 16.5. The van der Waals surface area contributed by atoms with Crippen LogP contribution in [0, 0.1) is 0 Å². The standard InChI is InChI=1S/C25H26N2O3/c1-26(17-15-20-8-4-7-19-6-2-3-9-23(19)20)25(29)18-30-22-13-11-21(12-14-22)27-16-5-10-24(27)28/h2-4,6-9,11-14H,5,10,15-18H2,1H3. The van der Waals surface area contributed by atoms with E-state index < -0.39 is 0 Å². The van der Waals surface area contributed by atoms with E-state index in [1.807, 2.05) is 36.4 Å². The van der Waals surface area contributed by atoms with Crippen molar-refractivity contribution in [2.24, 2.45) is 0 Å². The molecule has 0 aromatic heterocycles. The van der Waals surface area contributed by atoms with E-state index in [1.165, 1.54) is 16.3 Å². The zero-order chi connectivity index (χ0) is 20.9. The number of hydrogen-bond donors (Lipinski definition) is 0. The van der Waals surface area contributed by atoms with Crippen LogP contribution in [0.2, 0.25) is 0 Å². The van der Waals surface area contributed by atoms with E-state index in [4.69, 9.17) is 4.74 Å². The van der Waals surface area contributed by atoms with E-state index in [1.54, 1.807) is 16.8 Å². The van der Waals surface area contributed by atoms with E-state index in [0.717, 1.165) is 25.1 Å². The van der Waals surface area contributed by atoms with Gasteiger partial charge < -0.3 is 14.5 Å². The van der Waals surface area contributed by atoms with Gasteiger partial charge in [0.1, 0.15) is 5.75 Å². The van der Waals surface area contributed by atoms with E-state index in [9.17, 15) is 9.59 Å². The van der Waals surface area contributed by atoms with Crippen LogP contribution in [-0.4, -0.2) is 43.5 Å². The summed E-state index contributed by atoms with van der Waals surface area (Å²) in [6.07, 6.45) is 2.30. The summed E-state index contributed by atoms with van der Waals surface area (Å²) < 4.78 is 5.66. The van der Waals surface area contributed by atoms with Gasteiger partial charge in [0.25, 0.3) is 5.91 Å². The third kappa shape index (κ3) is 4.46. The summed E-state index contributed by atoms with van der Waals surface area (Å²) in [5.41, 5.74) is 2.11. The van der Waals surface area contributed by atoms with Crippen LogP contribution >= 0.6 is 0 Å². The number of anilines is 1. The van der Waals surface area contributed by atoms with Gasteiger partial charge >= 0.3 is 0 Å². The molecule has 1 aliphatic rings. The molecule has 0 atom stereocenters. The molecule has 5 nitrogen and oxygen atoms in total. The number of ether oxygens (including phenoxy) is 1. The molecule has 1 heterocycles. The number of carbonyl (C=O) groups excluding carboxylic acids is 2. The van der Waals surface area contributed by atoms with Crippen LogP contribution in [0.25, 0.3) is 10.8 Å². The number of rotatable bonds is 7. The molecule has 0 N–H and O–H groups in total. The van der Waals surface area contributed by atoms with E-state index in [-0.39, 0.29) is 18.4 Å². The molecule has 0 saturated carbocycles. The number of carbonyl (C=O) groups is 2. The first-order valence-electron chi connectivity index (χ1n) is 10.4. The third-order valence-electron chi connectivity index (χ3n) is 5.61. The van der Waals surface area contributed by atoms with Crippen molar-refractivity contribution in [3.8, 4) is 5.75 Å². The Morgan fingerprint density at radius 2 is 1.80 bits per heavy atom. The van der Waals surface area contributed by atoms with Crippen molar-refractivity contribution in [2.75, 3.05) is 31.6 Å². The molecule has 30 heavy (non-hydrogen) atoms. The minimum absolute atomic E-state index is 0.00592. The maximum absolute atomic E-state index is 12.5. The number of benzene rings is 3. The average Bonchev–Trinajstić information content (AvgIpc) is 3.22. The molecule has 3 aromatic rings.